The third-order valence-corrected chi connectivity index (χ3v) is 3.32. The second-order valence-electron chi connectivity index (χ2n) is 5.00. The molecular weight excluding hydrogens is 269 g/mol. The number of carbonyl (C=O) groups excluding carboxylic acids is 1. The van der Waals surface area contributed by atoms with Gasteiger partial charge in [0, 0.05) is 18.0 Å². The van der Waals surface area contributed by atoms with E-state index in [1.54, 1.807) is 25.2 Å². The van der Waals surface area contributed by atoms with Gasteiger partial charge in [-0.2, -0.15) is 0 Å². The minimum atomic E-state index is -0.307. The Morgan fingerprint density at radius 3 is 2.67 bits per heavy atom. The van der Waals surface area contributed by atoms with Crippen molar-refractivity contribution in [2.24, 2.45) is 5.92 Å². The molecule has 2 rings (SSSR count). The second kappa shape index (κ2) is 6.99. The predicted molar refractivity (Wildman–Crippen MR) is 80.0 cm³/mol. The number of phenols is 1. The lowest BCUT2D eigenvalue weighted by molar-refractivity contribution is 0.0918. The van der Waals surface area contributed by atoms with Gasteiger partial charge in [-0.15, -0.1) is 0 Å². The van der Waals surface area contributed by atoms with Gasteiger partial charge < -0.3 is 10.4 Å². The number of Topliss-reactive ketones (excluding diaryl/α,β-unsaturated/α-hetero) is 1. The van der Waals surface area contributed by atoms with E-state index >= 15 is 0 Å². The molecule has 0 aliphatic carbocycles. The van der Waals surface area contributed by atoms with Crippen LogP contribution in [-0.2, 0) is 6.42 Å². The van der Waals surface area contributed by atoms with Crippen LogP contribution >= 0.6 is 0 Å². The lowest BCUT2D eigenvalue weighted by Crippen LogP contribution is -2.28. The average Bonchev–Trinajstić information content (AvgIpc) is 2.46. The summed E-state index contributed by atoms with van der Waals surface area (Å²) >= 11 is 0. The number of carbonyl (C=O) groups is 1. The fourth-order valence-electron chi connectivity index (χ4n) is 2.35. The Labute approximate surface area is 123 Å². The molecule has 0 saturated carbocycles. The highest BCUT2D eigenvalue weighted by Gasteiger charge is 2.20. The van der Waals surface area contributed by atoms with Crippen molar-refractivity contribution in [3.63, 3.8) is 0 Å². The molecule has 2 aromatic carbocycles. The number of hydrogen-bond donors (Lipinski definition) is 2. The highest BCUT2D eigenvalue weighted by Crippen LogP contribution is 2.18. The van der Waals surface area contributed by atoms with Crippen LogP contribution in [0.2, 0.25) is 0 Å². The molecule has 0 fully saturated rings. The zero-order valence-electron chi connectivity index (χ0n) is 11.8. The van der Waals surface area contributed by atoms with Crippen LogP contribution in [0.25, 0.3) is 0 Å². The lowest BCUT2D eigenvalue weighted by atomic mass is 9.91. The van der Waals surface area contributed by atoms with Crippen molar-refractivity contribution in [3.8, 4) is 5.75 Å². The summed E-state index contributed by atoms with van der Waals surface area (Å²) in [6.45, 7) is 0.491. The molecule has 0 amide bonds. The van der Waals surface area contributed by atoms with E-state index in [4.69, 9.17) is 0 Å². The predicted octanol–water partition coefficient (Wildman–Crippen LogP) is 2.79. The second-order valence-corrected chi connectivity index (χ2v) is 5.00. The minimum Gasteiger partial charge on any atom is -0.508 e. The molecule has 0 unspecified atom stereocenters. The van der Waals surface area contributed by atoms with Crippen molar-refractivity contribution < 1.29 is 14.3 Å². The molecule has 0 spiro atoms. The summed E-state index contributed by atoms with van der Waals surface area (Å²) in [5.41, 5.74) is 1.25. The van der Waals surface area contributed by atoms with Crippen molar-refractivity contribution >= 4 is 5.78 Å². The van der Waals surface area contributed by atoms with E-state index in [-0.39, 0.29) is 23.3 Å². The maximum absolute atomic E-state index is 13.2. The average molecular weight is 287 g/mol. The quantitative estimate of drug-likeness (QED) is 0.803. The molecule has 0 bridgehead atoms. The van der Waals surface area contributed by atoms with Gasteiger partial charge in [0.1, 0.15) is 11.6 Å². The summed E-state index contributed by atoms with van der Waals surface area (Å²) in [5, 5.41) is 12.5. The molecule has 0 aliphatic rings. The summed E-state index contributed by atoms with van der Waals surface area (Å²) in [6, 6.07) is 12.6. The molecule has 4 heteroatoms. The van der Waals surface area contributed by atoms with Gasteiger partial charge >= 0.3 is 0 Å². The largest absolute Gasteiger partial charge is 0.508 e. The van der Waals surface area contributed by atoms with Crippen LogP contribution in [-0.4, -0.2) is 24.5 Å². The normalized spacial score (nSPS) is 12.1. The van der Waals surface area contributed by atoms with Gasteiger partial charge in [0.25, 0.3) is 0 Å². The first kappa shape index (κ1) is 15.2. The van der Waals surface area contributed by atoms with Crippen molar-refractivity contribution in [1.29, 1.82) is 0 Å². The number of nitrogens with one attached hydrogen (secondary N) is 1. The molecular formula is C17H18FNO2. The number of phenolic OH excluding ortho intramolecular Hbond substituents is 1. The van der Waals surface area contributed by atoms with Crippen molar-refractivity contribution in [1.82, 2.24) is 5.32 Å². The Kier molecular flexibility index (Phi) is 5.06. The maximum Gasteiger partial charge on any atom is 0.167 e. The molecule has 2 N–H and O–H groups in total. The Morgan fingerprint density at radius 1 is 1.24 bits per heavy atom. The van der Waals surface area contributed by atoms with Gasteiger partial charge in [-0.05, 0) is 43.3 Å². The first-order valence-corrected chi connectivity index (χ1v) is 6.82. The van der Waals surface area contributed by atoms with Crippen LogP contribution in [0.4, 0.5) is 4.39 Å². The third-order valence-electron chi connectivity index (χ3n) is 3.32. The number of halogens is 1. The highest BCUT2D eigenvalue weighted by atomic mass is 19.1. The zero-order chi connectivity index (χ0) is 15.2. The SMILES string of the molecule is CNC[C@H](Cc1cccc(F)c1)C(=O)c1cccc(O)c1. The van der Waals surface area contributed by atoms with Gasteiger partial charge in [0.2, 0.25) is 0 Å². The van der Waals surface area contributed by atoms with Crippen LogP contribution in [0.1, 0.15) is 15.9 Å². The fourth-order valence-corrected chi connectivity index (χ4v) is 2.35. The van der Waals surface area contributed by atoms with Crippen molar-refractivity contribution in [3.05, 3.63) is 65.5 Å². The van der Waals surface area contributed by atoms with E-state index in [0.29, 0.717) is 18.5 Å². The Morgan fingerprint density at radius 2 is 2.00 bits per heavy atom. The maximum atomic E-state index is 13.2. The van der Waals surface area contributed by atoms with E-state index in [9.17, 15) is 14.3 Å². The fraction of sp³-hybridized carbons (Fsp3) is 0.235. The molecule has 0 saturated heterocycles. The summed E-state index contributed by atoms with van der Waals surface area (Å²) in [5.74, 6) is -0.613. The van der Waals surface area contributed by atoms with E-state index in [1.165, 1.54) is 24.3 Å². The molecule has 0 radical (unpaired) electrons. The van der Waals surface area contributed by atoms with E-state index < -0.39 is 0 Å². The molecule has 3 nitrogen and oxygen atoms in total. The Balaban J connectivity index is 2.20. The lowest BCUT2D eigenvalue weighted by Gasteiger charge is -2.16. The molecule has 2 aromatic rings. The molecule has 0 aliphatic heterocycles. The third kappa shape index (κ3) is 4.13. The van der Waals surface area contributed by atoms with E-state index in [0.717, 1.165) is 5.56 Å². The van der Waals surface area contributed by atoms with E-state index in [2.05, 4.69) is 5.32 Å². The molecule has 0 heterocycles. The van der Waals surface area contributed by atoms with Gasteiger partial charge in [0.05, 0.1) is 0 Å². The number of hydrogen-bond acceptors (Lipinski definition) is 3. The number of benzene rings is 2. The van der Waals surface area contributed by atoms with E-state index in [1.807, 2.05) is 6.07 Å². The van der Waals surface area contributed by atoms with Crippen molar-refractivity contribution in [2.45, 2.75) is 6.42 Å². The molecule has 1 atom stereocenters. The molecule has 110 valence electrons. The monoisotopic (exact) mass is 287 g/mol. The first-order valence-electron chi connectivity index (χ1n) is 6.82. The highest BCUT2D eigenvalue weighted by molar-refractivity contribution is 5.98. The summed E-state index contributed by atoms with van der Waals surface area (Å²) in [7, 11) is 1.77. The van der Waals surface area contributed by atoms with Crippen LogP contribution in [0.15, 0.2) is 48.5 Å². The number of rotatable bonds is 6. The summed E-state index contributed by atoms with van der Waals surface area (Å²) in [4.78, 5) is 12.5. The smallest absolute Gasteiger partial charge is 0.167 e. The minimum absolute atomic E-state index is 0.0646. The molecule has 21 heavy (non-hydrogen) atoms. The number of aromatic hydroxyl groups is 1. The molecule has 0 aromatic heterocycles. The van der Waals surface area contributed by atoms with Crippen LogP contribution in [0, 0.1) is 11.7 Å². The van der Waals surface area contributed by atoms with Crippen LogP contribution < -0.4 is 5.32 Å². The van der Waals surface area contributed by atoms with Gasteiger partial charge in [-0.3, -0.25) is 4.79 Å². The Hall–Kier alpha value is -2.20. The van der Waals surface area contributed by atoms with Crippen molar-refractivity contribution in [2.75, 3.05) is 13.6 Å². The van der Waals surface area contributed by atoms with Gasteiger partial charge in [-0.25, -0.2) is 4.39 Å². The number of ketones is 1. The summed E-state index contributed by atoms with van der Waals surface area (Å²) in [6.07, 6.45) is 0.451. The standard InChI is InChI=1S/C17H18FNO2/c1-19-11-14(8-12-4-2-6-15(18)9-12)17(21)13-5-3-7-16(20)10-13/h2-7,9-10,14,19-20H,8,11H2,1H3/t14-/m0/s1. The van der Waals surface area contributed by atoms with Gasteiger partial charge in [0.15, 0.2) is 5.78 Å². The zero-order valence-corrected chi connectivity index (χ0v) is 11.8. The Bertz CT molecular complexity index is 628. The van der Waals surface area contributed by atoms with Crippen LogP contribution in [0.5, 0.6) is 5.75 Å². The summed E-state index contributed by atoms with van der Waals surface area (Å²) < 4.78 is 13.2. The van der Waals surface area contributed by atoms with Gasteiger partial charge in [-0.1, -0.05) is 24.3 Å². The topological polar surface area (TPSA) is 49.3 Å². The first-order chi connectivity index (χ1) is 10.1. The van der Waals surface area contributed by atoms with Crippen LogP contribution in [0.3, 0.4) is 0 Å².